The van der Waals surface area contributed by atoms with E-state index in [-0.39, 0.29) is 30.9 Å². The first-order valence-corrected chi connectivity index (χ1v) is 7.21. The number of aromatic nitrogens is 2. The van der Waals surface area contributed by atoms with E-state index < -0.39 is 0 Å². The Balaban J connectivity index is 0.00000161. The van der Waals surface area contributed by atoms with E-state index in [1.807, 2.05) is 29.7 Å². The number of rotatable bonds is 5. The van der Waals surface area contributed by atoms with Gasteiger partial charge in [-0.05, 0) is 11.4 Å². The topological polar surface area (TPSA) is 80.1 Å². The Morgan fingerprint density at radius 1 is 1.57 bits per heavy atom. The normalized spacial score (nSPS) is 16.7. The Bertz CT molecular complexity index is 611. The van der Waals surface area contributed by atoms with E-state index in [2.05, 4.69) is 20.8 Å². The van der Waals surface area contributed by atoms with Gasteiger partial charge in [0, 0.05) is 11.4 Å². The number of amides is 1. The van der Waals surface area contributed by atoms with Crippen LogP contribution in [0.3, 0.4) is 0 Å². The van der Waals surface area contributed by atoms with Gasteiger partial charge in [-0.15, -0.1) is 23.7 Å². The lowest BCUT2D eigenvalue weighted by molar-refractivity contribution is -0.122. The average molecular weight is 327 g/mol. The molecule has 1 amide bonds. The molecule has 21 heavy (non-hydrogen) atoms. The van der Waals surface area contributed by atoms with Gasteiger partial charge in [-0.3, -0.25) is 10.1 Å². The maximum atomic E-state index is 11.8. The molecule has 0 saturated carbocycles. The fraction of sp³-hybridized carbons (Fsp3) is 0.308. The van der Waals surface area contributed by atoms with Gasteiger partial charge in [0.2, 0.25) is 11.8 Å². The summed E-state index contributed by atoms with van der Waals surface area (Å²) in [7, 11) is 0. The SMILES string of the molecule is Cl.O=C(NCc1noc(Cc2cccs2)n1)C1C=CCN1. The van der Waals surface area contributed by atoms with E-state index in [4.69, 9.17) is 4.52 Å². The summed E-state index contributed by atoms with van der Waals surface area (Å²) < 4.78 is 5.16. The van der Waals surface area contributed by atoms with Gasteiger partial charge >= 0.3 is 0 Å². The number of carbonyl (C=O) groups is 1. The Morgan fingerprint density at radius 3 is 3.19 bits per heavy atom. The highest BCUT2D eigenvalue weighted by Crippen LogP contribution is 2.13. The number of hydrogen-bond acceptors (Lipinski definition) is 6. The highest BCUT2D eigenvalue weighted by Gasteiger charge is 2.17. The van der Waals surface area contributed by atoms with Crippen molar-refractivity contribution in [3.8, 4) is 0 Å². The maximum Gasteiger partial charge on any atom is 0.241 e. The fourth-order valence-electron chi connectivity index (χ4n) is 1.92. The van der Waals surface area contributed by atoms with Gasteiger partial charge in [0.05, 0.1) is 13.0 Å². The van der Waals surface area contributed by atoms with Crippen molar-refractivity contribution >= 4 is 29.7 Å². The minimum absolute atomic E-state index is 0. The molecule has 1 atom stereocenters. The molecule has 0 bridgehead atoms. The van der Waals surface area contributed by atoms with Gasteiger partial charge in [-0.25, -0.2) is 0 Å². The first kappa shape index (κ1) is 15.7. The molecule has 1 aliphatic heterocycles. The van der Waals surface area contributed by atoms with Crippen molar-refractivity contribution in [1.29, 1.82) is 0 Å². The minimum atomic E-state index is -0.257. The van der Waals surface area contributed by atoms with Gasteiger partial charge in [-0.2, -0.15) is 4.98 Å². The number of hydrogen-bond donors (Lipinski definition) is 2. The maximum absolute atomic E-state index is 11.8. The highest BCUT2D eigenvalue weighted by molar-refractivity contribution is 7.09. The summed E-state index contributed by atoms with van der Waals surface area (Å²) in [4.78, 5) is 17.2. The third kappa shape index (κ3) is 4.13. The van der Waals surface area contributed by atoms with E-state index >= 15 is 0 Å². The summed E-state index contributed by atoms with van der Waals surface area (Å²) in [5, 5.41) is 11.7. The van der Waals surface area contributed by atoms with Crippen LogP contribution in [0, 0.1) is 0 Å². The van der Waals surface area contributed by atoms with Crippen molar-refractivity contribution in [2.45, 2.75) is 19.0 Å². The molecule has 0 aromatic carbocycles. The molecule has 2 aromatic heterocycles. The third-order valence-corrected chi connectivity index (χ3v) is 3.78. The zero-order chi connectivity index (χ0) is 13.8. The molecule has 112 valence electrons. The van der Waals surface area contributed by atoms with Gasteiger partial charge in [0.25, 0.3) is 0 Å². The van der Waals surface area contributed by atoms with Crippen LogP contribution in [0.25, 0.3) is 0 Å². The average Bonchev–Trinajstić information content (AvgIpc) is 3.19. The third-order valence-electron chi connectivity index (χ3n) is 2.90. The van der Waals surface area contributed by atoms with Crippen LogP contribution in [-0.4, -0.2) is 28.6 Å². The molecule has 0 spiro atoms. The predicted molar refractivity (Wildman–Crippen MR) is 81.4 cm³/mol. The lowest BCUT2D eigenvalue weighted by Gasteiger charge is -2.08. The largest absolute Gasteiger partial charge is 0.347 e. The summed E-state index contributed by atoms with van der Waals surface area (Å²) in [6, 6.07) is 3.75. The van der Waals surface area contributed by atoms with E-state index in [1.54, 1.807) is 11.3 Å². The van der Waals surface area contributed by atoms with Gasteiger partial charge in [0.1, 0.15) is 6.04 Å². The monoisotopic (exact) mass is 326 g/mol. The van der Waals surface area contributed by atoms with Crippen LogP contribution in [-0.2, 0) is 17.8 Å². The second kappa shape index (κ2) is 7.35. The lowest BCUT2D eigenvalue weighted by atomic mass is 10.3. The second-order valence-electron chi connectivity index (χ2n) is 4.39. The Kier molecular flexibility index (Phi) is 5.49. The molecule has 0 radical (unpaired) electrons. The molecule has 2 N–H and O–H groups in total. The van der Waals surface area contributed by atoms with Crippen molar-refractivity contribution in [2.75, 3.05) is 6.54 Å². The first-order chi connectivity index (χ1) is 9.81. The Labute approximate surface area is 132 Å². The van der Waals surface area contributed by atoms with Crippen molar-refractivity contribution in [3.63, 3.8) is 0 Å². The molecule has 0 saturated heterocycles. The number of thiophene rings is 1. The number of nitrogens with one attached hydrogen (secondary N) is 2. The Hall–Kier alpha value is -1.70. The van der Waals surface area contributed by atoms with Crippen molar-refractivity contribution in [1.82, 2.24) is 20.8 Å². The van der Waals surface area contributed by atoms with Gasteiger partial charge < -0.3 is 9.84 Å². The molecule has 0 aliphatic carbocycles. The predicted octanol–water partition coefficient (Wildman–Crippen LogP) is 1.29. The van der Waals surface area contributed by atoms with E-state index in [0.29, 0.717) is 18.1 Å². The summed E-state index contributed by atoms with van der Waals surface area (Å²) in [6.07, 6.45) is 4.40. The molecule has 2 aromatic rings. The van der Waals surface area contributed by atoms with Crippen molar-refractivity contribution in [2.24, 2.45) is 0 Å². The standard InChI is InChI=1S/C13H14N4O2S.ClH/c18-13(10-4-1-5-14-10)15-8-11-16-12(19-17-11)7-9-3-2-6-20-9;/h1-4,6,10,14H,5,7-8H2,(H,15,18);1H. The fourth-order valence-corrected chi connectivity index (χ4v) is 2.62. The molecule has 1 unspecified atom stereocenters. The van der Waals surface area contributed by atoms with Crippen LogP contribution in [0.5, 0.6) is 0 Å². The quantitative estimate of drug-likeness (QED) is 0.809. The van der Waals surface area contributed by atoms with Gasteiger partial charge in [0.15, 0.2) is 5.82 Å². The molecule has 1 aliphatic rings. The molecular formula is C13H15ClN4O2S. The summed E-state index contributed by atoms with van der Waals surface area (Å²) in [5.41, 5.74) is 0. The lowest BCUT2D eigenvalue weighted by Crippen LogP contribution is -2.40. The first-order valence-electron chi connectivity index (χ1n) is 6.33. The minimum Gasteiger partial charge on any atom is -0.347 e. The molecule has 8 heteroatoms. The second-order valence-corrected chi connectivity index (χ2v) is 5.42. The molecule has 0 fully saturated rings. The molecule has 3 heterocycles. The van der Waals surface area contributed by atoms with Crippen LogP contribution in [0.1, 0.15) is 16.6 Å². The van der Waals surface area contributed by atoms with E-state index in [0.717, 1.165) is 6.54 Å². The Morgan fingerprint density at radius 2 is 2.48 bits per heavy atom. The summed E-state index contributed by atoms with van der Waals surface area (Å²) in [5.74, 6) is 0.978. The van der Waals surface area contributed by atoms with Crippen molar-refractivity contribution < 1.29 is 9.32 Å². The number of halogens is 1. The zero-order valence-corrected chi connectivity index (χ0v) is 12.7. The van der Waals surface area contributed by atoms with Crippen LogP contribution >= 0.6 is 23.7 Å². The molecular weight excluding hydrogens is 312 g/mol. The number of nitrogens with zero attached hydrogens (tertiary/aromatic N) is 2. The summed E-state index contributed by atoms with van der Waals surface area (Å²) >= 11 is 1.65. The van der Waals surface area contributed by atoms with Crippen molar-refractivity contribution in [3.05, 3.63) is 46.3 Å². The van der Waals surface area contributed by atoms with Crippen LogP contribution in [0.15, 0.2) is 34.2 Å². The van der Waals surface area contributed by atoms with E-state index in [9.17, 15) is 4.79 Å². The molecule has 6 nitrogen and oxygen atoms in total. The number of carbonyl (C=O) groups excluding carboxylic acids is 1. The van der Waals surface area contributed by atoms with Crippen LogP contribution in [0.4, 0.5) is 0 Å². The van der Waals surface area contributed by atoms with Crippen LogP contribution in [0.2, 0.25) is 0 Å². The van der Waals surface area contributed by atoms with Crippen LogP contribution < -0.4 is 10.6 Å². The summed E-state index contributed by atoms with van der Waals surface area (Å²) in [6.45, 7) is 1.00. The van der Waals surface area contributed by atoms with E-state index in [1.165, 1.54) is 4.88 Å². The van der Waals surface area contributed by atoms with Gasteiger partial charge in [-0.1, -0.05) is 23.4 Å². The highest BCUT2D eigenvalue weighted by atomic mass is 35.5. The molecule has 3 rings (SSSR count). The zero-order valence-electron chi connectivity index (χ0n) is 11.1. The smallest absolute Gasteiger partial charge is 0.241 e.